The van der Waals surface area contributed by atoms with E-state index >= 15 is 0 Å². The first kappa shape index (κ1) is 21.7. The van der Waals surface area contributed by atoms with Crippen LogP contribution in [0.4, 0.5) is 0 Å². The summed E-state index contributed by atoms with van der Waals surface area (Å²) in [6.45, 7) is 4.08. The van der Waals surface area contributed by atoms with Crippen LogP contribution in [0.1, 0.15) is 46.3 Å². The average molecular weight is 424 g/mol. The Morgan fingerprint density at radius 3 is 2.33 bits per heavy atom. The fourth-order valence-electron chi connectivity index (χ4n) is 2.84. The molecule has 0 radical (unpaired) electrons. The van der Waals surface area contributed by atoms with Gasteiger partial charge in [0.15, 0.2) is 6.61 Å². The second-order valence-electron chi connectivity index (χ2n) is 7.06. The maximum Gasteiger partial charge on any atom is 0.338 e. The highest BCUT2D eigenvalue weighted by atomic mass is 32.1. The molecular weight excluding hydrogens is 398 g/mol. The van der Waals surface area contributed by atoms with Gasteiger partial charge >= 0.3 is 5.97 Å². The maximum absolute atomic E-state index is 12.5. The molecule has 0 aliphatic heterocycles. The summed E-state index contributed by atoms with van der Waals surface area (Å²) in [6.07, 6.45) is 0.141. The van der Waals surface area contributed by atoms with Gasteiger partial charge in [-0.15, -0.1) is 11.3 Å². The van der Waals surface area contributed by atoms with E-state index in [4.69, 9.17) is 9.47 Å². The van der Waals surface area contributed by atoms with Crippen LogP contribution in [-0.4, -0.2) is 24.6 Å². The van der Waals surface area contributed by atoms with Crippen molar-refractivity contribution in [2.75, 3.05) is 6.61 Å². The van der Waals surface area contributed by atoms with E-state index < -0.39 is 5.97 Å². The molecule has 0 saturated heterocycles. The number of carbonyl (C=O) groups excluding carboxylic acids is 2. The van der Waals surface area contributed by atoms with Crippen molar-refractivity contribution in [1.29, 1.82) is 0 Å². The number of ether oxygens (including phenoxy) is 2. The van der Waals surface area contributed by atoms with Crippen molar-refractivity contribution in [3.63, 3.8) is 0 Å². The molecule has 0 aliphatic rings. The van der Waals surface area contributed by atoms with Gasteiger partial charge in [0.2, 0.25) is 0 Å². The second kappa shape index (κ2) is 10.7. The Balaban J connectivity index is 1.56. The zero-order valence-electron chi connectivity index (χ0n) is 17.0. The Labute approximate surface area is 180 Å². The van der Waals surface area contributed by atoms with Gasteiger partial charge in [0, 0.05) is 4.88 Å². The molecule has 2 aromatic carbocycles. The molecular formula is C24H25NO4S. The van der Waals surface area contributed by atoms with Crippen molar-refractivity contribution in [3.8, 4) is 0 Å². The molecule has 0 spiro atoms. The predicted octanol–water partition coefficient (Wildman–Crippen LogP) is 4.74. The molecule has 1 amide bonds. The van der Waals surface area contributed by atoms with Gasteiger partial charge in [-0.3, -0.25) is 4.79 Å². The fourth-order valence-corrected chi connectivity index (χ4v) is 3.64. The number of hydrogen-bond acceptors (Lipinski definition) is 5. The van der Waals surface area contributed by atoms with Crippen LogP contribution in [0.5, 0.6) is 0 Å². The summed E-state index contributed by atoms with van der Waals surface area (Å²) in [5.74, 6) is -0.888. The molecule has 6 heteroatoms. The molecule has 0 bridgehead atoms. The van der Waals surface area contributed by atoms with E-state index in [9.17, 15) is 9.59 Å². The van der Waals surface area contributed by atoms with E-state index in [-0.39, 0.29) is 24.7 Å². The van der Waals surface area contributed by atoms with Crippen molar-refractivity contribution in [2.24, 2.45) is 0 Å². The number of nitrogens with one attached hydrogen (secondary N) is 1. The third kappa shape index (κ3) is 6.27. The molecule has 0 saturated carbocycles. The number of benzene rings is 2. The summed E-state index contributed by atoms with van der Waals surface area (Å²) in [7, 11) is 0. The Morgan fingerprint density at radius 2 is 1.70 bits per heavy atom. The SMILES string of the molecule is CC(C)OCc1ccc(C(=O)OCC(=O)N[C@@H](c2ccccc2)c2cccs2)cc1. The lowest BCUT2D eigenvalue weighted by Gasteiger charge is -2.18. The predicted molar refractivity (Wildman–Crippen MR) is 117 cm³/mol. The number of hydrogen-bond donors (Lipinski definition) is 1. The van der Waals surface area contributed by atoms with Crippen LogP contribution in [0.2, 0.25) is 0 Å². The normalized spacial score (nSPS) is 11.8. The Bertz CT molecular complexity index is 937. The standard InChI is InChI=1S/C24H25NO4S/c1-17(2)28-15-18-10-12-20(13-11-18)24(27)29-16-22(26)25-23(21-9-6-14-30-21)19-7-4-3-5-8-19/h3-14,17,23H,15-16H2,1-2H3,(H,25,26)/t23-/m0/s1. The van der Waals surface area contributed by atoms with Gasteiger partial charge in [-0.2, -0.15) is 0 Å². The molecule has 30 heavy (non-hydrogen) atoms. The molecule has 5 nitrogen and oxygen atoms in total. The van der Waals surface area contributed by atoms with Gasteiger partial charge in [-0.1, -0.05) is 48.5 Å². The van der Waals surface area contributed by atoms with E-state index in [1.165, 1.54) is 0 Å². The average Bonchev–Trinajstić information content (AvgIpc) is 3.30. The van der Waals surface area contributed by atoms with E-state index in [1.807, 2.05) is 73.8 Å². The number of amides is 1. The minimum Gasteiger partial charge on any atom is -0.452 e. The number of esters is 1. The Hall–Kier alpha value is -2.96. The van der Waals surface area contributed by atoms with Gasteiger partial charge in [-0.05, 0) is 48.6 Å². The lowest BCUT2D eigenvalue weighted by atomic mass is 10.1. The summed E-state index contributed by atoms with van der Waals surface area (Å²) in [5.41, 5.74) is 2.34. The Kier molecular flexibility index (Phi) is 7.76. The van der Waals surface area contributed by atoms with Gasteiger partial charge in [0.1, 0.15) is 0 Å². The molecule has 3 aromatic rings. The molecule has 1 N–H and O–H groups in total. The van der Waals surface area contributed by atoms with Crippen LogP contribution in [0.3, 0.4) is 0 Å². The lowest BCUT2D eigenvalue weighted by Crippen LogP contribution is -2.32. The summed E-state index contributed by atoms with van der Waals surface area (Å²) in [5, 5.41) is 4.92. The molecule has 1 aromatic heterocycles. The second-order valence-corrected chi connectivity index (χ2v) is 8.04. The molecule has 156 valence electrons. The zero-order valence-corrected chi connectivity index (χ0v) is 17.9. The van der Waals surface area contributed by atoms with Crippen molar-refractivity contribution in [3.05, 3.63) is 93.7 Å². The van der Waals surface area contributed by atoms with Crippen LogP contribution in [0.15, 0.2) is 72.1 Å². The van der Waals surface area contributed by atoms with Crippen LogP contribution in [-0.2, 0) is 20.9 Å². The maximum atomic E-state index is 12.5. The highest BCUT2D eigenvalue weighted by molar-refractivity contribution is 7.10. The minimum atomic E-state index is -0.533. The lowest BCUT2D eigenvalue weighted by molar-refractivity contribution is -0.124. The topological polar surface area (TPSA) is 64.6 Å². The summed E-state index contributed by atoms with van der Waals surface area (Å²) in [4.78, 5) is 25.8. The molecule has 3 rings (SSSR count). The van der Waals surface area contributed by atoms with E-state index in [0.29, 0.717) is 12.2 Å². The number of carbonyl (C=O) groups is 2. The first-order valence-corrected chi connectivity index (χ1v) is 10.7. The highest BCUT2D eigenvalue weighted by Gasteiger charge is 2.19. The fraction of sp³-hybridized carbons (Fsp3) is 0.250. The summed E-state index contributed by atoms with van der Waals surface area (Å²) in [6, 6.07) is 20.3. The van der Waals surface area contributed by atoms with Gasteiger partial charge in [0.25, 0.3) is 5.91 Å². The molecule has 0 aliphatic carbocycles. The molecule has 0 fully saturated rings. The van der Waals surface area contributed by atoms with E-state index in [1.54, 1.807) is 23.5 Å². The first-order valence-electron chi connectivity index (χ1n) is 9.78. The minimum absolute atomic E-state index is 0.141. The van der Waals surface area contributed by atoms with Crippen molar-refractivity contribution >= 4 is 23.2 Å². The van der Waals surface area contributed by atoms with Crippen LogP contribution < -0.4 is 5.32 Å². The molecule has 1 heterocycles. The van der Waals surface area contributed by atoms with Crippen LogP contribution >= 0.6 is 11.3 Å². The van der Waals surface area contributed by atoms with Crippen LogP contribution in [0, 0.1) is 0 Å². The monoisotopic (exact) mass is 423 g/mol. The van der Waals surface area contributed by atoms with Gasteiger partial charge < -0.3 is 14.8 Å². The van der Waals surface area contributed by atoms with Crippen LogP contribution in [0.25, 0.3) is 0 Å². The van der Waals surface area contributed by atoms with E-state index in [0.717, 1.165) is 16.0 Å². The van der Waals surface area contributed by atoms with Crippen molar-refractivity contribution in [1.82, 2.24) is 5.32 Å². The Morgan fingerprint density at radius 1 is 0.967 bits per heavy atom. The molecule has 1 atom stereocenters. The van der Waals surface area contributed by atoms with Gasteiger partial charge in [0.05, 0.1) is 24.3 Å². The summed E-state index contributed by atoms with van der Waals surface area (Å²) < 4.78 is 10.7. The highest BCUT2D eigenvalue weighted by Crippen LogP contribution is 2.25. The first-order chi connectivity index (χ1) is 14.5. The van der Waals surface area contributed by atoms with E-state index in [2.05, 4.69) is 5.32 Å². The number of rotatable bonds is 9. The van der Waals surface area contributed by atoms with Gasteiger partial charge in [-0.25, -0.2) is 4.79 Å². The quantitative estimate of drug-likeness (QED) is 0.505. The van der Waals surface area contributed by atoms with Crippen molar-refractivity contribution in [2.45, 2.75) is 32.6 Å². The summed E-state index contributed by atoms with van der Waals surface area (Å²) >= 11 is 1.56. The smallest absolute Gasteiger partial charge is 0.338 e. The third-order valence-electron chi connectivity index (χ3n) is 4.37. The zero-order chi connectivity index (χ0) is 21.3. The number of thiophene rings is 1. The largest absolute Gasteiger partial charge is 0.452 e. The van der Waals surface area contributed by atoms with Crippen molar-refractivity contribution < 1.29 is 19.1 Å². The third-order valence-corrected chi connectivity index (χ3v) is 5.31. The molecule has 0 unspecified atom stereocenters.